The molecule has 1 fully saturated rings. The van der Waals surface area contributed by atoms with Crippen LogP contribution in [0, 0.1) is 19.7 Å². The fourth-order valence-electron chi connectivity index (χ4n) is 4.00. The summed E-state index contributed by atoms with van der Waals surface area (Å²) in [4.78, 5) is 27.7. The summed E-state index contributed by atoms with van der Waals surface area (Å²) >= 11 is 0. The van der Waals surface area contributed by atoms with Crippen molar-refractivity contribution >= 4 is 21.7 Å². The molecule has 4 rings (SSSR count). The predicted molar refractivity (Wildman–Crippen MR) is 127 cm³/mol. The first-order valence-corrected chi connectivity index (χ1v) is 12.4. The van der Waals surface area contributed by atoms with E-state index in [2.05, 4.69) is 0 Å². The molecule has 0 unspecified atom stereocenters. The molecule has 0 N–H and O–H groups in total. The Labute approximate surface area is 198 Å². The molecule has 0 atom stereocenters. The Bertz CT molecular complexity index is 1360. The number of sulfonamides is 1. The number of halogens is 1. The van der Waals surface area contributed by atoms with Crippen molar-refractivity contribution in [3.05, 3.63) is 100 Å². The van der Waals surface area contributed by atoms with Crippen LogP contribution in [0.15, 0.2) is 71.6 Å². The first-order chi connectivity index (χ1) is 16.2. The van der Waals surface area contributed by atoms with Crippen molar-refractivity contribution in [2.24, 2.45) is 0 Å². The van der Waals surface area contributed by atoms with Crippen LogP contribution in [0.25, 0.3) is 0 Å². The standard InChI is InChI=1S/C26H25FN2O4S/c1-18-11-12-20(17-19(18)2)25(30)21-7-3-4-8-22(21)26(31)28-13-15-29(16-14-28)34(32,33)24-10-6-5-9-23(24)27/h3-12,17H,13-16H2,1-2H3. The molecule has 0 aromatic heterocycles. The second-order valence-electron chi connectivity index (χ2n) is 8.30. The number of carbonyl (C=O) groups excluding carboxylic acids is 2. The van der Waals surface area contributed by atoms with Crippen LogP contribution < -0.4 is 0 Å². The van der Waals surface area contributed by atoms with E-state index in [0.717, 1.165) is 17.2 Å². The normalized spacial score (nSPS) is 14.7. The summed E-state index contributed by atoms with van der Waals surface area (Å²) in [6, 6.07) is 17.3. The molecule has 1 heterocycles. The van der Waals surface area contributed by atoms with Crippen LogP contribution in [-0.4, -0.2) is 55.5 Å². The molecule has 1 saturated heterocycles. The van der Waals surface area contributed by atoms with Crippen molar-refractivity contribution in [3.8, 4) is 0 Å². The van der Waals surface area contributed by atoms with Crippen molar-refractivity contribution in [1.82, 2.24) is 9.21 Å². The molecule has 3 aromatic carbocycles. The largest absolute Gasteiger partial charge is 0.336 e. The van der Waals surface area contributed by atoms with Gasteiger partial charge in [0.05, 0.1) is 5.56 Å². The van der Waals surface area contributed by atoms with Gasteiger partial charge in [0.2, 0.25) is 10.0 Å². The molecule has 6 nitrogen and oxygen atoms in total. The zero-order chi connectivity index (χ0) is 24.5. The number of rotatable bonds is 5. The van der Waals surface area contributed by atoms with Gasteiger partial charge >= 0.3 is 0 Å². The zero-order valence-corrected chi connectivity index (χ0v) is 19.8. The van der Waals surface area contributed by atoms with Crippen molar-refractivity contribution in [2.75, 3.05) is 26.2 Å². The van der Waals surface area contributed by atoms with Crippen LogP contribution in [-0.2, 0) is 10.0 Å². The van der Waals surface area contributed by atoms with E-state index in [1.54, 1.807) is 30.3 Å². The minimum absolute atomic E-state index is 0.0374. The summed E-state index contributed by atoms with van der Waals surface area (Å²) in [6.45, 7) is 4.24. The van der Waals surface area contributed by atoms with Gasteiger partial charge in [-0.15, -0.1) is 0 Å². The second-order valence-corrected chi connectivity index (χ2v) is 10.2. The lowest BCUT2D eigenvalue weighted by Crippen LogP contribution is -2.50. The second kappa shape index (κ2) is 9.48. The van der Waals surface area contributed by atoms with Gasteiger partial charge in [0, 0.05) is 37.3 Å². The Kier molecular flexibility index (Phi) is 6.63. The van der Waals surface area contributed by atoms with Gasteiger partial charge in [-0.3, -0.25) is 9.59 Å². The molecule has 8 heteroatoms. The van der Waals surface area contributed by atoms with Crippen molar-refractivity contribution in [3.63, 3.8) is 0 Å². The number of carbonyl (C=O) groups is 2. The SMILES string of the molecule is Cc1ccc(C(=O)c2ccccc2C(=O)N2CCN(S(=O)(=O)c3ccccc3F)CC2)cc1C. The number of aryl methyl sites for hydroxylation is 2. The molecule has 3 aromatic rings. The Morgan fingerprint density at radius 1 is 0.794 bits per heavy atom. The van der Waals surface area contributed by atoms with E-state index in [1.807, 2.05) is 26.0 Å². The highest BCUT2D eigenvalue weighted by Gasteiger charge is 2.33. The number of hydrogen-bond acceptors (Lipinski definition) is 4. The lowest BCUT2D eigenvalue weighted by atomic mass is 9.95. The Morgan fingerprint density at radius 3 is 2.06 bits per heavy atom. The molecule has 176 valence electrons. The molecule has 0 bridgehead atoms. The fourth-order valence-corrected chi connectivity index (χ4v) is 5.49. The third-order valence-corrected chi connectivity index (χ3v) is 8.08. The highest BCUT2D eigenvalue weighted by molar-refractivity contribution is 7.89. The number of ketones is 1. The molecule has 1 aliphatic rings. The number of nitrogens with zero attached hydrogens (tertiary/aromatic N) is 2. The van der Waals surface area contributed by atoms with Gasteiger partial charge in [0.25, 0.3) is 5.91 Å². The van der Waals surface area contributed by atoms with Gasteiger partial charge in [0.1, 0.15) is 10.7 Å². The summed E-state index contributed by atoms with van der Waals surface area (Å²) in [5.74, 6) is -1.39. The summed E-state index contributed by atoms with van der Waals surface area (Å²) in [5.41, 5.74) is 3.14. The number of piperazine rings is 1. The molecule has 0 aliphatic carbocycles. The lowest BCUT2D eigenvalue weighted by molar-refractivity contribution is 0.0694. The van der Waals surface area contributed by atoms with Gasteiger partial charge in [-0.2, -0.15) is 4.31 Å². The van der Waals surface area contributed by atoms with Crippen molar-refractivity contribution in [1.29, 1.82) is 0 Å². The van der Waals surface area contributed by atoms with Gasteiger partial charge in [-0.1, -0.05) is 42.5 Å². The summed E-state index contributed by atoms with van der Waals surface area (Å²) in [7, 11) is -4.01. The van der Waals surface area contributed by atoms with Crippen molar-refractivity contribution < 1.29 is 22.4 Å². The smallest absolute Gasteiger partial charge is 0.254 e. The molecule has 0 radical (unpaired) electrons. The summed E-state index contributed by atoms with van der Waals surface area (Å²) in [5, 5.41) is 0. The minimum Gasteiger partial charge on any atom is -0.336 e. The van der Waals surface area contributed by atoms with E-state index in [9.17, 15) is 22.4 Å². The average molecular weight is 481 g/mol. The number of amides is 1. The number of hydrogen-bond donors (Lipinski definition) is 0. The third kappa shape index (κ3) is 4.51. The molecular weight excluding hydrogens is 455 g/mol. The Morgan fingerprint density at radius 2 is 1.41 bits per heavy atom. The highest BCUT2D eigenvalue weighted by atomic mass is 32.2. The zero-order valence-electron chi connectivity index (χ0n) is 19.0. The van der Waals surface area contributed by atoms with E-state index in [4.69, 9.17) is 0 Å². The van der Waals surface area contributed by atoms with E-state index in [0.29, 0.717) is 11.1 Å². The van der Waals surface area contributed by atoms with Gasteiger partial charge in [0.15, 0.2) is 5.78 Å². The van der Waals surface area contributed by atoms with Crippen LogP contribution in [0.3, 0.4) is 0 Å². The quantitative estimate of drug-likeness (QED) is 0.521. The molecule has 34 heavy (non-hydrogen) atoms. The van der Waals surface area contributed by atoms with Gasteiger partial charge in [-0.25, -0.2) is 12.8 Å². The third-order valence-electron chi connectivity index (χ3n) is 6.15. The predicted octanol–water partition coefficient (Wildman–Crippen LogP) is 3.82. The molecule has 1 amide bonds. The Balaban J connectivity index is 1.53. The Hall–Kier alpha value is -3.36. The summed E-state index contributed by atoms with van der Waals surface area (Å²) < 4.78 is 40.9. The van der Waals surface area contributed by atoms with Gasteiger partial charge < -0.3 is 4.90 Å². The topological polar surface area (TPSA) is 74.8 Å². The first-order valence-electron chi connectivity index (χ1n) is 10.9. The highest BCUT2D eigenvalue weighted by Crippen LogP contribution is 2.23. The monoisotopic (exact) mass is 480 g/mol. The van der Waals surface area contributed by atoms with Gasteiger partial charge in [-0.05, 0) is 49.2 Å². The fraction of sp³-hybridized carbons (Fsp3) is 0.231. The molecule has 1 aliphatic heterocycles. The molecule has 0 saturated carbocycles. The van der Waals surface area contributed by atoms with Crippen LogP contribution in [0.5, 0.6) is 0 Å². The van der Waals surface area contributed by atoms with Crippen LogP contribution in [0.4, 0.5) is 4.39 Å². The minimum atomic E-state index is -4.01. The van der Waals surface area contributed by atoms with E-state index >= 15 is 0 Å². The van der Waals surface area contributed by atoms with Crippen LogP contribution in [0.1, 0.15) is 37.4 Å². The van der Waals surface area contributed by atoms with Crippen molar-refractivity contribution in [2.45, 2.75) is 18.7 Å². The number of benzene rings is 3. The maximum Gasteiger partial charge on any atom is 0.254 e. The summed E-state index contributed by atoms with van der Waals surface area (Å²) in [6.07, 6.45) is 0. The van der Waals surface area contributed by atoms with Crippen LogP contribution >= 0.6 is 0 Å². The lowest BCUT2D eigenvalue weighted by Gasteiger charge is -2.34. The van der Waals surface area contributed by atoms with Crippen LogP contribution in [0.2, 0.25) is 0 Å². The molecular formula is C26H25FN2O4S. The molecule has 0 spiro atoms. The first kappa shape index (κ1) is 23.8. The van der Waals surface area contributed by atoms with E-state index in [-0.39, 0.29) is 48.3 Å². The maximum absolute atomic E-state index is 14.1. The average Bonchev–Trinajstić information content (AvgIpc) is 2.85. The van der Waals surface area contributed by atoms with E-state index < -0.39 is 15.8 Å². The maximum atomic E-state index is 14.1. The van der Waals surface area contributed by atoms with E-state index in [1.165, 1.54) is 27.4 Å².